The van der Waals surface area contributed by atoms with Gasteiger partial charge in [0.05, 0.1) is 5.02 Å². The second-order valence-corrected chi connectivity index (χ2v) is 5.47. The third-order valence-electron chi connectivity index (χ3n) is 3.46. The summed E-state index contributed by atoms with van der Waals surface area (Å²) in [7, 11) is 0. The Bertz CT molecular complexity index is 569. The number of Topliss-reactive ketones (excluding diaryl/α,β-unsaturated/α-hetero) is 1. The van der Waals surface area contributed by atoms with Crippen molar-refractivity contribution in [3.63, 3.8) is 0 Å². The van der Waals surface area contributed by atoms with Crippen molar-refractivity contribution in [2.45, 2.75) is 38.7 Å². The Hall–Kier alpha value is -1.68. The van der Waals surface area contributed by atoms with E-state index in [1.165, 1.54) is 25.1 Å². The summed E-state index contributed by atoms with van der Waals surface area (Å²) in [5.74, 6) is -1.78. The van der Waals surface area contributed by atoms with Gasteiger partial charge in [0.1, 0.15) is 17.5 Å². The Labute approximate surface area is 127 Å². The van der Waals surface area contributed by atoms with Gasteiger partial charge in [-0.3, -0.25) is 4.79 Å². The zero-order valence-corrected chi connectivity index (χ0v) is 12.5. The number of rotatable bonds is 4. The third-order valence-corrected chi connectivity index (χ3v) is 3.79. The smallest absolute Gasteiger partial charge is 0.342 e. The van der Waals surface area contributed by atoms with Crippen LogP contribution in [0, 0.1) is 5.82 Å². The highest BCUT2D eigenvalue weighted by molar-refractivity contribution is 6.32. The van der Waals surface area contributed by atoms with E-state index in [-0.39, 0.29) is 22.3 Å². The van der Waals surface area contributed by atoms with Crippen molar-refractivity contribution in [1.82, 2.24) is 0 Å². The summed E-state index contributed by atoms with van der Waals surface area (Å²) in [5.41, 5.74) is -0.165. The van der Waals surface area contributed by atoms with Crippen LogP contribution in [-0.4, -0.2) is 17.9 Å². The number of esters is 1. The van der Waals surface area contributed by atoms with Crippen molar-refractivity contribution in [2.75, 3.05) is 0 Å². The largest absolute Gasteiger partial charge is 0.459 e. The van der Waals surface area contributed by atoms with Crippen molar-refractivity contribution in [3.8, 4) is 0 Å². The Morgan fingerprint density at radius 3 is 2.57 bits per heavy atom. The van der Waals surface area contributed by atoms with Crippen LogP contribution < -0.4 is 0 Å². The lowest BCUT2D eigenvalue weighted by Gasteiger charge is -2.12. The van der Waals surface area contributed by atoms with Gasteiger partial charge in [-0.2, -0.15) is 0 Å². The highest BCUT2D eigenvalue weighted by Crippen LogP contribution is 2.25. The van der Waals surface area contributed by atoms with E-state index in [1.807, 2.05) is 0 Å². The molecule has 1 fully saturated rings. The van der Waals surface area contributed by atoms with Crippen LogP contribution in [0.15, 0.2) is 23.8 Å². The van der Waals surface area contributed by atoms with Gasteiger partial charge >= 0.3 is 5.97 Å². The molecule has 0 spiro atoms. The minimum absolute atomic E-state index is 0.0211. The molecule has 0 aliphatic heterocycles. The lowest BCUT2D eigenvalue weighted by atomic mass is 10.1. The van der Waals surface area contributed by atoms with Gasteiger partial charge in [0, 0.05) is 5.56 Å². The quantitative estimate of drug-likeness (QED) is 0.366. The van der Waals surface area contributed by atoms with Gasteiger partial charge in [-0.15, -0.1) is 0 Å². The first-order chi connectivity index (χ1) is 9.99. The Morgan fingerprint density at radius 2 is 2.00 bits per heavy atom. The monoisotopic (exact) mass is 310 g/mol. The van der Waals surface area contributed by atoms with E-state index in [4.69, 9.17) is 16.3 Å². The Balaban J connectivity index is 2.27. The van der Waals surface area contributed by atoms with Crippen LogP contribution in [0.3, 0.4) is 0 Å². The molecule has 112 valence electrons. The van der Waals surface area contributed by atoms with Crippen LogP contribution in [0.25, 0.3) is 6.08 Å². The molecule has 0 bridgehead atoms. The van der Waals surface area contributed by atoms with Crippen molar-refractivity contribution < 1.29 is 18.7 Å². The van der Waals surface area contributed by atoms with Gasteiger partial charge in [-0.25, -0.2) is 9.18 Å². The maximum atomic E-state index is 13.8. The molecule has 0 atom stereocenters. The van der Waals surface area contributed by atoms with Gasteiger partial charge in [0.25, 0.3) is 0 Å². The van der Waals surface area contributed by atoms with Gasteiger partial charge in [0.2, 0.25) is 0 Å². The average molecular weight is 311 g/mol. The van der Waals surface area contributed by atoms with Crippen LogP contribution in [0.1, 0.15) is 38.2 Å². The number of carbonyl (C=O) groups is 2. The summed E-state index contributed by atoms with van der Waals surface area (Å²) in [6.45, 7) is 1.25. The van der Waals surface area contributed by atoms with E-state index < -0.39 is 17.6 Å². The summed E-state index contributed by atoms with van der Waals surface area (Å²) in [6, 6.07) is 4.17. The Kier molecular flexibility index (Phi) is 5.12. The van der Waals surface area contributed by atoms with Crippen LogP contribution in [0.2, 0.25) is 5.02 Å². The zero-order chi connectivity index (χ0) is 15.4. The molecule has 0 saturated heterocycles. The minimum atomic E-state index is -0.714. The summed E-state index contributed by atoms with van der Waals surface area (Å²) in [5, 5.41) is 0.141. The molecule has 0 aromatic heterocycles. The van der Waals surface area contributed by atoms with E-state index in [0.717, 1.165) is 31.8 Å². The normalized spacial score (nSPS) is 16.0. The molecule has 21 heavy (non-hydrogen) atoms. The SMILES string of the molecule is CC(=O)/C(=C\c1c(F)cccc1Cl)C(=O)OC1CCCC1. The number of carbonyl (C=O) groups excluding carboxylic acids is 2. The third kappa shape index (κ3) is 3.91. The first-order valence-corrected chi connectivity index (χ1v) is 7.24. The predicted octanol–water partition coefficient (Wildman–Crippen LogP) is 3.94. The number of hydrogen-bond acceptors (Lipinski definition) is 3. The van der Waals surface area contributed by atoms with E-state index >= 15 is 0 Å². The number of benzene rings is 1. The molecule has 1 aliphatic carbocycles. The van der Waals surface area contributed by atoms with Gasteiger partial charge in [-0.05, 0) is 50.8 Å². The lowest BCUT2D eigenvalue weighted by molar-refractivity contribution is -0.144. The zero-order valence-electron chi connectivity index (χ0n) is 11.7. The van der Waals surface area contributed by atoms with E-state index in [2.05, 4.69) is 0 Å². The second kappa shape index (κ2) is 6.85. The predicted molar refractivity (Wildman–Crippen MR) is 78.4 cm³/mol. The topological polar surface area (TPSA) is 43.4 Å². The fraction of sp³-hybridized carbons (Fsp3) is 0.375. The molecule has 3 nitrogen and oxygen atoms in total. The van der Waals surface area contributed by atoms with Crippen molar-refractivity contribution in [1.29, 1.82) is 0 Å². The molecule has 1 aromatic carbocycles. The molecule has 0 amide bonds. The number of halogens is 2. The highest BCUT2D eigenvalue weighted by atomic mass is 35.5. The number of ketones is 1. The minimum Gasteiger partial charge on any atom is -0.459 e. The lowest BCUT2D eigenvalue weighted by Crippen LogP contribution is -2.19. The Morgan fingerprint density at radius 1 is 1.33 bits per heavy atom. The molecular formula is C16H16ClFO3. The van der Waals surface area contributed by atoms with Crippen LogP contribution in [0.4, 0.5) is 4.39 Å². The standard InChI is InChI=1S/C16H16ClFO3/c1-10(19)12(16(20)21-11-5-2-3-6-11)9-13-14(17)7-4-8-15(13)18/h4,7-9,11H,2-3,5-6H2,1H3/b12-9+. The van der Waals surface area contributed by atoms with Crippen molar-refractivity contribution in [3.05, 3.63) is 40.2 Å². The molecule has 0 heterocycles. The first-order valence-electron chi connectivity index (χ1n) is 6.86. The molecule has 0 radical (unpaired) electrons. The number of ether oxygens (including phenoxy) is 1. The average Bonchev–Trinajstić information content (AvgIpc) is 2.90. The summed E-state index contributed by atoms with van der Waals surface area (Å²) in [4.78, 5) is 23.7. The first kappa shape index (κ1) is 15.7. The fourth-order valence-electron chi connectivity index (χ4n) is 2.32. The molecule has 0 unspecified atom stereocenters. The molecule has 2 rings (SSSR count). The highest BCUT2D eigenvalue weighted by Gasteiger charge is 2.24. The van der Waals surface area contributed by atoms with Crippen LogP contribution in [-0.2, 0) is 14.3 Å². The number of hydrogen-bond donors (Lipinski definition) is 0. The second-order valence-electron chi connectivity index (χ2n) is 5.06. The summed E-state index contributed by atoms with van der Waals surface area (Å²) in [6.07, 6.45) is 4.63. The van der Waals surface area contributed by atoms with Crippen molar-refractivity contribution in [2.24, 2.45) is 0 Å². The van der Waals surface area contributed by atoms with Crippen LogP contribution >= 0.6 is 11.6 Å². The summed E-state index contributed by atoms with van der Waals surface area (Å²) >= 11 is 5.91. The maximum Gasteiger partial charge on any atom is 0.342 e. The molecule has 1 aromatic rings. The molecule has 5 heteroatoms. The van der Waals surface area contributed by atoms with E-state index in [0.29, 0.717) is 0 Å². The van der Waals surface area contributed by atoms with Gasteiger partial charge in [-0.1, -0.05) is 17.7 Å². The molecule has 0 N–H and O–H groups in total. The summed E-state index contributed by atoms with van der Waals surface area (Å²) < 4.78 is 19.0. The van der Waals surface area contributed by atoms with Crippen molar-refractivity contribution >= 4 is 29.4 Å². The fourth-order valence-corrected chi connectivity index (χ4v) is 2.54. The van der Waals surface area contributed by atoms with Gasteiger partial charge in [0.15, 0.2) is 5.78 Å². The van der Waals surface area contributed by atoms with Crippen LogP contribution in [0.5, 0.6) is 0 Å². The molecular weight excluding hydrogens is 295 g/mol. The molecule has 1 aliphatic rings. The van der Waals surface area contributed by atoms with E-state index in [1.54, 1.807) is 0 Å². The maximum absolute atomic E-state index is 13.8. The van der Waals surface area contributed by atoms with Gasteiger partial charge < -0.3 is 4.74 Å². The van der Waals surface area contributed by atoms with E-state index in [9.17, 15) is 14.0 Å². The molecule has 1 saturated carbocycles.